The zero-order chi connectivity index (χ0) is 21.6. The number of aromatic nitrogens is 1. The Morgan fingerprint density at radius 3 is 2.23 bits per heavy atom. The number of piperazine rings is 1. The number of benzene rings is 2. The zero-order valence-electron chi connectivity index (χ0n) is 17.1. The van der Waals surface area contributed by atoms with E-state index in [0.717, 1.165) is 34.9 Å². The molecule has 7 heteroatoms. The van der Waals surface area contributed by atoms with E-state index in [1.54, 1.807) is 9.80 Å². The molecular weight excluding hydrogens is 390 g/mol. The van der Waals surface area contributed by atoms with Crippen molar-refractivity contribution in [3.05, 3.63) is 59.8 Å². The predicted octanol–water partition coefficient (Wildman–Crippen LogP) is 2.48. The number of nitrogens with zero attached hydrogens (tertiary/aromatic N) is 3. The third-order valence-electron chi connectivity index (χ3n) is 6.28. The van der Waals surface area contributed by atoms with Crippen LogP contribution < -0.4 is 5.73 Å². The number of H-pyrrole nitrogens is 1. The number of rotatable bonds is 3. The molecule has 2 aromatic carbocycles. The Morgan fingerprint density at radius 2 is 1.58 bits per heavy atom. The molecule has 31 heavy (non-hydrogen) atoms. The van der Waals surface area contributed by atoms with Gasteiger partial charge in [-0.3, -0.25) is 9.59 Å². The highest BCUT2D eigenvalue weighted by atomic mass is 16.2. The smallest absolute Gasteiger partial charge is 0.253 e. The van der Waals surface area contributed by atoms with Crippen LogP contribution in [0, 0.1) is 11.3 Å². The lowest BCUT2D eigenvalue weighted by Gasteiger charge is -2.36. The molecule has 1 aliphatic carbocycles. The second-order valence-electron chi connectivity index (χ2n) is 8.41. The fourth-order valence-corrected chi connectivity index (χ4v) is 4.14. The van der Waals surface area contributed by atoms with Crippen molar-refractivity contribution in [3.63, 3.8) is 0 Å². The number of nitrogens with one attached hydrogen (secondary N) is 1. The van der Waals surface area contributed by atoms with Crippen molar-refractivity contribution in [3.8, 4) is 17.2 Å². The highest BCUT2D eigenvalue weighted by molar-refractivity contribution is 5.95. The van der Waals surface area contributed by atoms with Gasteiger partial charge in [0.15, 0.2) is 0 Å². The van der Waals surface area contributed by atoms with Crippen molar-refractivity contribution in [1.82, 2.24) is 14.8 Å². The zero-order valence-corrected chi connectivity index (χ0v) is 17.1. The van der Waals surface area contributed by atoms with Crippen LogP contribution in [-0.4, -0.2) is 58.3 Å². The number of hydrogen-bond acceptors (Lipinski definition) is 4. The first-order chi connectivity index (χ1) is 15.0. The summed E-state index contributed by atoms with van der Waals surface area (Å²) in [5.41, 5.74) is 9.49. The van der Waals surface area contributed by atoms with Crippen LogP contribution in [0.3, 0.4) is 0 Å². The molecule has 1 aromatic heterocycles. The lowest BCUT2D eigenvalue weighted by atomic mass is 10.0. The van der Waals surface area contributed by atoms with Gasteiger partial charge in [-0.2, -0.15) is 5.26 Å². The molecule has 7 nitrogen and oxygen atoms in total. The minimum absolute atomic E-state index is 0.0187. The number of nitrogens with two attached hydrogens (primary N) is 1. The Balaban J connectivity index is 1.26. The van der Waals surface area contributed by atoms with E-state index >= 15 is 0 Å². The number of amides is 2. The Kier molecular flexibility index (Phi) is 4.53. The van der Waals surface area contributed by atoms with Gasteiger partial charge >= 0.3 is 0 Å². The van der Waals surface area contributed by atoms with E-state index < -0.39 is 5.54 Å². The minimum atomic E-state index is -0.651. The second-order valence-corrected chi connectivity index (χ2v) is 8.41. The summed E-state index contributed by atoms with van der Waals surface area (Å²) < 4.78 is 0. The number of fused-ring (bicyclic) bond motifs is 1. The van der Waals surface area contributed by atoms with Crippen molar-refractivity contribution in [2.24, 2.45) is 5.73 Å². The van der Waals surface area contributed by atoms with Crippen molar-refractivity contribution in [1.29, 1.82) is 5.26 Å². The van der Waals surface area contributed by atoms with Gasteiger partial charge in [-0.05, 0) is 54.3 Å². The van der Waals surface area contributed by atoms with Crippen LogP contribution in [0.1, 0.15) is 28.9 Å². The van der Waals surface area contributed by atoms with Crippen LogP contribution in [0.25, 0.3) is 22.0 Å². The molecule has 2 amide bonds. The Labute approximate surface area is 180 Å². The van der Waals surface area contributed by atoms with E-state index in [1.807, 2.05) is 48.5 Å². The molecule has 0 atom stereocenters. The van der Waals surface area contributed by atoms with Crippen molar-refractivity contribution in [2.45, 2.75) is 18.4 Å². The molecular formula is C24H23N5O2. The van der Waals surface area contributed by atoms with E-state index in [2.05, 4.69) is 11.1 Å². The van der Waals surface area contributed by atoms with E-state index in [-0.39, 0.29) is 11.8 Å². The van der Waals surface area contributed by atoms with Gasteiger partial charge in [0, 0.05) is 42.6 Å². The van der Waals surface area contributed by atoms with Crippen molar-refractivity contribution >= 4 is 22.7 Å². The molecule has 0 radical (unpaired) electrons. The molecule has 2 heterocycles. The normalized spacial score (nSPS) is 17.4. The summed E-state index contributed by atoms with van der Waals surface area (Å²) in [6.07, 6.45) is 1.52. The SMILES string of the molecule is N#Cc1cc2cc(-c3ccc(C(=O)N4CCN(C(=O)C5(N)CC5)CC4)cc3)ccc2[nH]1. The molecule has 1 saturated heterocycles. The number of aromatic amines is 1. The van der Waals surface area contributed by atoms with Gasteiger partial charge in [0.25, 0.3) is 5.91 Å². The van der Waals surface area contributed by atoms with Crippen LogP contribution in [0.15, 0.2) is 48.5 Å². The molecule has 1 aliphatic heterocycles. The first-order valence-electron chi connectivity index (χ1n) is 10.5. The van der Waals surface area contributed by atoms with Gasteiger partial charge in [-0.15, -0.1) is 0 Å². The lowest BCUT2D eigenvalue weighted by molar-refractivity contribution is -0.135. The summed E-state index contributed by atoms with van der Waals surface area (Å²) in [6.45, 7) is 2.10. The van der Waals surface area contributed by atoms with Gasteiger partial charge in [0.1, 0.15) is 11.8 Å². The molecule has 5 rings (SSSR count). The number of carbonyl (C=O) groups is 2. The molecule has 0 bridgehead atoms. The Morgan fingerprint density at radius 1 is 0.935 bits per heavy atom. The second kappa shape index (κ2) is 7.25. The van der Waals surface area contributed by atoms with Crippen LogP contribution in [0.5, 0.6) is 0 Å². The van der Waals surface area contributed by atoms with Crippen LogP contribution >= 0.6 is 0 Å². The summed E-state index contributed by atoms with van der Waals surface area (Å²) in [7, 11) is 0. The average molecular weight is 413 g/mol. The van der Waals surface area contributed by atoms with E-state index in [1.165, 1.54) is 0 Å². The molecule has 0 spiro atoms. The summed E-state index contributed by atoms with van der Waals surface area (Å²) in [6, 6.07) is 17.5. The summed E-state index contributed by atoms with van der Waals surface area (Å²) in [4.78, 5) is 31.9. The van der Waals surface area contributed by atoms with Crippen molar-refractivity contribution in [2.75, 3.05) is 26.2 Å². The largest absolute Gasteiger partial charge is 0.346 e. The Bertz CT molecular complexity index is 1210. The van der Waals surface area contributed by atoms with Gasteiger partial charge in [-0.1, -0.05) is 18.2 Å². The summed E-state index contributed by atoms with van der Waals surface area (Å²) in [5.74, 6) is -0.00230. The highest BCUT2D eigenvalue weighted by Crippen LogP contribution is 2.34. The quantitative estimate of drug-likeness (QED) is 0.688. The van der Waals surface area contributed by atoms with Crippen LogP contribution in [-0.2, 0) is 4.79 Å². The maximum atomic E-state index is 12.9. The molecule has 2 fully saturated rings. The minimum Gasteiger partial charge on any atom is -0.346 e. The number of nitriles is 1. The molecule has 0 unspecified atom stereocenters. The maximum Gasteiger partial charge on any atom is 0.253 e. The third kappa shape index (κ3) is 3.56. The van der Waals surface area contributed by atoms with Gasteiger partial charge < -0.3 is 20.5 Å². The Hall–Kier alpha value is -3.63. The number of carbonyl (C=O) groups excluding carboxylic acids is 2. The fraction of sp³-hybridized carbons (Fsp3) is 0.292. The highest BCUT2D eigenvalue weighted by Gasteiger charge is 2.48. The topological polar surface area (TPSA) is 106 Å². The maximum absolute atomic E-state index is 12.9. The molecule has 3 N–H and O–H groups in total. The van der Waals surface area contributed by atoms with E-state index in [4.69, 9.17) is 11.0 Å². The standard InChI is InChI=1S/C24H23N5O2/c25-15-20-14-19-13-18(5-6-21(19)27-20)16-1-3-17(4-2-16)22(30)28-9-11-29(12-10-28)23(31)24(26)7-8-24/h1-6,13-14,27H,7-12,26H2. The molecule has 3 aromatic rings. The average Bonchev–Trinajstić information content (AvgIpc) is 3.43. The monoisotopic (exact) mass is 413 g/mol. The summed E-state index contributed by atoms with van der Waals surface area (Å²) in [5, 5.41) is 10.0. The molecule has 2 aliphatic rings. The molecule has 156 valence electrons. The van der Waals surface area contributed by atoms with Crippen LogP contribution in [0.4, 0.5) is 0 Å². The number of hydrogen-bond donors (Lipinski definition) is 2. The first kappa shape index (κ1) is 19.3. The van der Waals surface area contributed by atoms with E-state index in [0.29, 0.717) is 37.4 Å². The summed E-state index contributed by atoms with van der Waals surface area (Å²) >= 11 is 0. The van der Waals surface area contributed by atoms with Gasteiger partial charge in [0.2, 0.25) is 5.91 Å². The van der Waals surface area contributed by atoms with Gasteiger partial charge in [0.05, 0.1) is 5.54 Å². The lowest BCUT2D eigenvalue weighted by Crippen LogP contribution is -2.55. The predicted molar refractivity (Wildman–Crippen MR) is 117 cm³/mol. The first-order valence-corrected chi connectivity index (χ1v) is 10.5. The van der Waals surface area contributed by atoms with Gasteiger partial charge in [-0.25, -0.2) is 0 Å². The van der Waals surface area contributed by atoms with E-state index in [9.17, 15) is 9.59 Å². The molecule has 1 saturated carbocycles. The fourth-order valence-electron chi connectivity index (χ4n) is 4.14. The van der Waals surface area contributed by atoms with Crippen LogP contribution in [0.2, 0.25) is 0 Å². The van der Waals surface area contributed by atoms with Crippen molar-refractivity contribution < 1.29 is 9.59 Å². The third-order valence-corrected chi connectivity index (χ3v) is 6.28.